The predicted molar refractivity (Wildman–Crippen MR) is 95.1 cm³/mol. The van der Waals surface area contributed by atoms with Gasteiger partial charge in [-0.25, -0.2) is 4.98 Å². The van der Waals surface area contributed by atoms with E-state index in [0.29, 0.717) is 22.3 Å². The van der Waals surface area contributed by atoms with E-state index in [2.05, 4.69) is 27.1 Å². The molecule has 3 heterocycles. The van der Waals surface area contributed by atoms with Gasteiger partial charge in [-0.2, -0.15) is 5.10 Å². The van der Waals surface area contributed by atoms with Crippen LogP contribution in [0.2, 0.25) is 5.22 Å². The summed E-state index contributed by atoms with van der Waals surface area (Å²) < 4.78 is 7.38. The second kappa shape index (κ2) is 6.71. The second-order valence-electron chi connectivity index (χ2n) is 4.74. The maximum Gasteiger partial charge on any atom is 0.293 e. The molecule has 0 aliphatic rings. The standard InChI is InChI=1S/C14H12ClN5O2S2/c1-3-6-20-11(18-19-14(20)23)10-7(2)16-13(24-10)17-12(21)8-4-5-9(15)22-8/h3-5H,1,6H2,2H3,(H,19,23)(H,16,17,21). The zero-order chi connectivity index (χ0) is 17.3. The fraction of sp³-hybridized carbons (Fsp3) is 0.143. The molecule has 2 N–H and O–H groups in total. The molecule has 3 aromatic rings. The summed E-state index contributed by atoms with van der Waals surface area (Å²) in [5, 5.41) is 10.3. The predicted octanol–water partition coefficient (Wildman–Crippen LogP) is 4.06. The monoisotopic (exact) mass is 381 g/mol. The summed E-state index contributed by atoms with van der Waals surface area (Å²) in [5.41, 5.74) is 0.729. The van der Waals surface area contributed by atoms with E-state index in [-0.39, 0.29) is 11.0 Å². The van der Waals surface area contributed by atoms with Crippen LogP contribution < -0.4 is 5.32 Å². The van der Waals surface area contributed by atoms with E-state index >= 15 is 0 Å². The number of carbonyl (C=O) groups is 1. The van der Waals surface area contributed by atoms with Crippen molar-refractivity contribution in [2.75, 3.05) is 5.32 Å². The van der Waals surface area contributed by atoms with Gasteiger partial charge >= 0.3 is 0 Å². The topological polar surface area (TPSA) is 88.7 Å². The number of rotatable bonds is 5. The number of amides is 1. The third-order valence-corrected chi connectivity index (χ3v) is 4.67. The lowest BCUT2D eigenvalue weighted by atomic mass is 10.3. The van der Waals surface area contributed by atoms with Gasteiger partial charge in [0, 0.05) is 6.54 Å². The normalized spacial score (nSPS) is 10.8. The molecule has 3 rings (SSSR count). The summed E-state index contributed by atoms with van der Waals surface area (Å²) in [7, 11) is 0. The summed E-state index contributed by atoms with van der Waals surface area (Å²) >= 11 is 12.2. The van der Waals surface area contributed by atoms with E-state index in [1.165, 1.54) is 23.5 Å². The molecule has 124 valence electrons. The van der Waals surface area contributed by atoms with Gasteiger partial charge in [-0.3, -0.25) is 19.8 Å². The molecule has 0 atom stereocenters. The van der Waals surface area contributed by atoms with Crippen molar-refractivity contribution >= 4 is 46.2 Å². The van der Waals surface area contributed by atoms with E-state index in [0.717, 1.165) is 10.6 Å². The lowest BCUT2D eigenvalue weighted by molar-refractivity contribution is 0.0997. The van der Waals surface area contributed by atoms with Crippen molar-refractivity contribution in [2.45, 2.75) is 13.5 Å². The average molecular weight is 382 g/mol. The molecule has 0 aromatic carbocycles. The van der Waals surface area contributed by atoms with Crippen LogP contribution in [0.3, 0.4) is 0 Å². The largest absolute Gasteiger partial charge is 0.440 e. The molecule has 0 aliphatic carbocycles. The Morgan fingerprint density at radius 3 is 3.08 bits per heavy atom. The highest BCUT2D eigenvalue weighted by Gasteiger charge is 2.18. The van der Waals surface area contributed by atoms with Crippen molar-refractivity contribution in [3.8, 4) is 10.7 Å². The zero-order valence-corrected chi connectivity index (χ0v) is 14.9. The number of H-pyrrole nitrogens is 1. The minimum Gasteiger partial charge on any atom is -0.440 e. The van der Waals surface area contributed by atoms with Crippen LogP contribution in [0.25, 0.3) is 10.7 Å². The highest BCUT2D eigenvalue weighted by atomic mass is 35.5. The molecule has 0 aliphatic heterocycles. The van der Waals surface area contributed by atoms with Crippen LogP contribution in [0, 0.1) is 11.7 Å². The first kappa shape index (κ1) is 16.6. The molecule has 10 heteroatoms. The number of nitrogens with zero attached hydrogens (tertiary/aromatic N) is 3. The van der Waals surface area contributed by atoms with Crippen molar-refractivity contribution < 1.29 is 9.21 Å². The van der Waals surface area contributed by atoms with Gasteiger partial charge in [0.2, 0.25) is 0 Å². The number of thiazole rings is 1. The zero-order valence-electron chi connectivity index (χ0n) is 12.5. The third-order valence-electron chi connectivity index (χ3n) is 3.09. The van der Waals surface area contributed by atoms with Crippen molar-refractivity contribution in [1.82, 2.24) is 19.7 Å². The number of anilines is 1. The fourth-order valence-corrected chi connectivity index (χ4v) is 3.35. The number of aryl methyl sites for hydroxylation is 1. The number of hydrogen-bond donors (Lipinski definition) is 2. The number of hydrogen-bond acceptors (Lipinski definition) is 6. The van der Waals surface area contributed by atoms with Gasteiger partial charge in [0.1, 0.15) is 0 Å². The van der Waals surface area contributed by atoms with Gasteiger partial charge in [0.25, 0.3) is 5.91 Å². The molecule has 0 fully saturated rings. The Balaban J connectivity index is 1.89. The Labute approximate surface area is 151 Å². The Bertz CT molecular complexity index is 968. The molecule has 0 radical (unpaired) electrons. The number of furan rings is 1. The van der Waals surface area contributed by atoms with Gasteiger partial charge < -0.3 is 4.42 Å². The minimum absolute atomic E-state index is 0.115. The van der Waals surface area contributed by atoms with Crippen molar-refractivity contribution in [3.05, 3.63) is 46.2 Å². The number of aromatic nitrogens is 4. The second-order valence-corrected chi connectivity index (χ2v) is 6.50. The van der Waals surface area contributed by atoms with Crippen LogP contribution in [-0.2, 0) is 6.54 Å². The van der Waals surface area contributed by atoms with Gasteiger partial charge in [-0.05, 0) is 42.9 Å². The quantitative estimate of drug-likeness (QED) is 0.514. The first-order chi connectivity index (χ1) is 11.5. The van der Waals surface area contributed by atoms with Gasteiger partial charge in [-0.15, -0.1) is 6.58 Å². The van der Waals surface area contributed by atoms with Gasteiger partial charge in [0.15, 0.2) is 26.7 Å². The number of carbonyl (C=O) groups excluding carboxylic acids is 1. The lowest BCUT2D eigenvalue weighted by Crippen LogP contribution is -2.10. The highest BCUT2D eigenvalue weighted by Crippen LogP contribution is 2.32. The molecule has 0 saturated carbocycles. The highest BCUT2D eigenvalue weighted by molar-refractivity contribution is 7.71. The van der Waals surface area contributed by atoms with E-state index in [1.54, 1.807) is 10.6 Å². The average Bonchev–Trinajstić information content (AvgIpc) is 3.21. The summed E-state index contributed by atoms with van der Waals surface area (Å²) in [6, 6.07) is 3.00. The Morgan fingerprint density at radius 1 is 1.62 bits per heavy atom. The SMILES string of the molecule is C=CCn1c(-c2sc(NC(=O)c3ccc(Cl)o3)nc2C)n[nH]c1=S. The van der Waals surface area contributed by atoms with Crippen LogP contribution in [0.1, 0.15) is 16.2 Å². The van der Waals surface area contributed by atoms with Crippen LogP contribution in [0.15, 0.2) is 29.2 Å². The summed E-state index contributed by atoms with van der Waals surface area (Å²) in [6.07, 6.45) is 1.73. The van der Waals surface area contributed by atoms with Crippen LogP contribution in [0.4, 0.5) is 5.13 Å². The maximum atomic E-state index is 12.1. The Hall–Kier alpha value is -2.23. The molecular formula is C14H12ClN5O2S2. The lowest BCUT2D eigenvalue weighted by Gasteiger charge is -2.01. The van der Waals surface area contributed by atoms with Crippen molar-refractivity contribution in [1.29, 1.82) is 0 Å². The first-order valence-corrected chi connectivity index (χ1v) is 8.40. The number of nitrogens with one attached hydrogen (secondary N) is 2. The number of halogens is 1. The fourth-order valence-electron chi connectivity index (χ4n) is 2.04. The molecule has 0 unspecified atom stereocenters. The molecule has 7 nitrogen and oxygen atoms in total. The molecule has 1 amide bonds. The molecular weight excluding hydrogens is 370 g/mol. The van der Waals surface area contributed by atoms with Crippen molar-refractivity contribution in [2.24, 2.45) is 0 Å². The van der Waals surface area contributed by atoms with E-state index < -0.39 is 5.91 Å². The van der Waals surface area contributed by atoms with Gasteiger partial charge in [-0.1, -0.05) is 17.4 Å². The van der Waals surface area contributed by atoms with E-state index in [9.17, 15) is 4.79 Å². The number of aromatic amines is 1. The summed E-state index contributed by atoms with van der Waals surface area (Å²) in [4.78, 5) is 17.3. The minimum atomic E-state index is -0.424. The smallest absolute Gasteiger partial charge is 0.293 e. The van der Waals surface area contributed by atoms with E-state index in [1.807, 2.05) is 6.92 Å². The Kier molecular flexibility index (Phi) is 4.65. The third kappa shape index (κ3) is 3.18. The molecule has 3 aromatic heterocycles. The number of allylic oxidation sites excluding steroid dienone is 1. The molecule has 24 heavy (non-hydrogen) atoms. The Morgan fingerprint density at radius 2 is 2.42 bits per heavy atom. The molecule has 0 saturated heterocycles. The summed E-state index contributed by atoms with van der Waals surface area (Å²) in [5.74, 6) is 0.340. The summed E-state index contributed by atoms with van der Waals surface area (Å²) in [6.45, 7) is 6.07. The molecule has 0 bridgehead atoms. The maximum absolute atomic E-state index is 12.1. The van der Waals surface area contributed by atoms with Gasteiger partial charge in [0.05, 0.1) is 10.6 Å². The van der Waals surface area contributed by atoms with Crippen LogP contribution in [-0.4, -0.2) is 25.7 Å². The van der Waals surface area contributed by atoms with Crippen LogP contribution >= 0.6 is 35.2 Å². The van der Waals surface area contributed by atoms with Crippen molar-refractivity contribution in [3.63, 3.8) is 0 Å². The van der Waals surface area contributed by atoms with Crippen LogP contribution in [0.5, 0.6) is 0 Å². The molecule has 0 spiro atoms. The first-order valence-electron chi connectivity index (χ1n) is 6.80. The van der Waals surface area contributed by atoms with E-state index in [4.69, 9.17) is 28.2 Å².